The van der Waals surface area contributed by atoms with E-state index in [1.165, 1.54) is 19.0 Å². The molecule has 18 heavy (non-hydrogen) atoms. The molecule has 98 valence electrons. The van der Waals surface area contributed by atoms with Gasteiger partial charge >= 0.3 is 0 Å². The number of pyridine rings is 1. The molecule has 1 aromatic heterocycles. The van der Waals surface area contributed by atoms with Crippen molar-refractivity contribution in [1.82, 2.24) is 10.3 Å². The van der Waals surface area contributed by atoms with Crippen molar-refractivity contribution in [3.05, 3.63) is 29.0 Å². The molecular formula is C13H16Cl2N2O. The molecule has 5 heteroatoms. The van der Waals surface area contributed by atoms with Crippen molar-refractivity contribution in [2.45, 2.75) is 25.7 Å². The fourth-order valence-electron chi connectivity index (χ4n) is 2.40. The van der Waals surface area contributed by atoms with Gasteiger partial charge in [0.05, 0.1) is 10.6 Å². The maximum absolute atomic E-state index is 12.0. The predicted molar refractivity (Wildman–Crippen MR) is 73.2 cm³/mol. The highest BCUT2D eigenvalue weighted by atomic mass is 35.5. The van der Waals surface area contributed by atoms with Gasteiger partial charge in [0.25, 0.3) is 5.91 Å². The first kappa shape index (κ1) is 13.6. The average Bonchev–Trinajstić information content (AvgIpc) is 2.86. The van der Waals surface area contributed by atoms with Gasteiger partial charge in [-0.05, 0) is 18.9 Å². The molecular weight excluding hydrogens is 271 g/mol. The van der Waals surface area contributed by atoms with E-state index in [0.717, 1.165) is 12.8 Å². The van der Waals surface area contributed by atoms with Crippen molar-refractivity contribution < 1.29 is 4.79 Å². The molecule has 1 saturated carbocycles. The zero-order valence-corrected chi connectivity index (χ0v) is 11.6. The second-order valence-electron chi connectivity index (χ2n) is 4.88. The summed E-state index contributed by atoms with van der Waals surface area (Å²) in [4.78, 5) is 15.9. The molecule has 0 bridgehead atoms. The number of alkyl halides is 1. The number of nitrogens with one attached hydrogen (secondary N) is 1. The topological polar surface area (TPSA) is 42.0 Å². The zero-order valence-electron chi connectivity index (χ0n) is 10.1. The molecule has 1 amide bonds. The minimum Gasteiger partial charge on any atom is -0.351 e. The van der Waals surface area contributed by atoms with Gasteiger partial charge in [0, 0.05) is 30.2 Å². The van der Waals surface area contributed by atoms with E-state index < -0.39 is 0 Å². The minimum absolute atomic E-state index is 0.0662. The quantitative estimate of drug-likeness (QED) is 0.864. The summed E-state index contributed by atoms with van der Waals surface area (Å²) in [6.07, 6.45) is 7.59. The molecule has 0 saturated heterocycles. The smallest absolute Gasteiger partial charge is 0.252 e. The maximum atomic E-state index is 12.0. The van der Waals surface area contributed by atoms with Crippen LogP contribution in [0.2, 0.25) is 5.02 Å². The standard InChI is InChI=1S/C13H16Cl2N2O/c14-8-13(4-1-2-5-13)9-17-12(18)10-3-6-16-7-11(10)15/h3,6-7H,1-2,4-5,8-9H2,(H,17,18). The van der Waals surface area contributed by atoms with Crippen LogP contribution in [0.4, 0.5) is 0 Å². The van der Waals surface area contributed by atoms with Gasteiger partial charge in [-0.25, -0.2) is 0 Å². The first-order chi connectivity index (χ1) is 8.67. The second-order valence-corrected chi connectivity index (χ2v) is 5.55. The largest absolute Gasteiger partial charge is 0.351 e. The molecule has 0 aromatic carbocycles. The normalized spacial score (nSPS) is 17.7. The maximum Gasteiger partial charge on any atom is 0.252 e. The number of nitrogens with zero attached hydrogens (tertiary/aromatic N) is 1. The highest BCUT2D eigenvalue weighted by molar-refractivity contribution is 6.33. The van der Waals surface area contributed by atoms with Crippen molar-refractivity contribution in [2.75, 3.05) is 12.4 Å². The number of halogens is 2. The molecule has 1 aromatic rings. The highest BCUT2D eigenvalue weighted by Crippen LogP contribution is 2.38. The third-order valence-electron chi connectivity index (χ3n) is 3.59. The van der Waals surface area contributed by atoms with Crippen molar-refractivity contribution >= 4 is 29.1 Å². The van der Waals surface area contributed by atoms with Gasteiger partial charge in [0.15, 0.2) is 0 Å². The Morgan fingerprint density at radius 3 is 2.78 bits per heavy atom. The Labute approximate surface area is 117 Å². The minimum atomic E-state index is -0.154. The monoisotopic (exact) mass is 286 g/mol. The molecule has 0 radical (unpaired) electrons. The molecule has 1 heterocycles. The lowest BCUT2D eigenvalue weighted by Gasteiger charge is -2.26. The summed E-state index contributed by atoms with van der Waals surface area (Å²) in [6, 6.07) is 1.62. The van der Waals surface area contributed by atoms with Crippen LogP contribution in [0.5, 0.6) is 0 Å². The summed E-state index contributed by atoms with van der Waals surface area (Å²) >= 11 is 12.0. The van der Waals surface area contributed by atoms with E-state index in [1.807, 2.05) is 0 Å². The van der Waals surface area contributed by atoms with Crippen LogP contribution in [0, 0.1) is 5.41 Å². The van der Waals surface area contributed by atoms with Crippen LogP contribution in [0.25, 0.3) is 0 Å². The Hall–Kier alpha value is -0.800. The van der Waals surface area contributed by atoms with Crippen molar-refractivity contribution in [3.63, 3.8) is 0 Å². The van der Waals surface area contributed by atoms with Gasteiger partial charge in [-0.15, -0.1) is 11.6 Å². The van der Waals surface area contributed by atoms with Crippen LogP contribution in [0.1, 0.15) is 36.0 Å². The summed E-state index contributed by atoms with van der Waals surface area (Å²) in [5, 5.41) is 3.31. The third kappa shape index (κ3) is 2.96. The SMILES string of the molecule is O=C(NCC1(CCl)CCCC1)c1ccncc1Cl. The van der Waals surface area contributed by atoms with Crippen LogP contribution >= 0.6 is 23.2 Å². The molecule has 2 rings (SSSR count). The number of aromatic nitrogens is 1. The van der Waals surface area contributed by atoms with Gasteiger partial charge in [-0.1, -0.05) is 24.4 Å². The van der Waals surface area contributed by atoms with E-state index in [4.69, 9.17) is 23.2 Å². The number of hydrogen-bond acceptors (Lipinski definition) is 2. The first-order valence-corrected chi connectivity index (χ1v) is 7.02. The summed E-state index contributed by atoms with van der Waals surface area (Å²) < 4.78 is 0. The molecule has 0 atom stereocenters. The molecule has 1 aliphatic carbocycles. The van der Waals surface area contributed by atoms with Crippen LogP contribution in [-0.4, -0.2) is 23.3 Å². The Morgan fingerprint density at radius 1 is 1.44 bits per heavy atom. The van der Waals surface area contributed by atoms with E-state index >= 15 is 0 Å². The van der Waals surface area contributed by atoms with Crippen molar-refractivity contribution in [2.24, 2.45) is 5.41 Å². The van der Waals surface area contributed by atoms with Gasteiger partial charge in [-0.3, -0.25) is 9.78 Å². The Kier molecular flexibility index (Phi) is 4.46. The lowest BCUT2D eigenvalue weighted by atomic mass is 9.88. The number of carbonyl (C=O) groups excluding carboxylic acids is 1. The van der Waals surface area contributed by atoms with E-state index in [9.17, 15) is 4.79 Å². The van der Waals surface area contributed by atoms with Crippen LogP contribution < -0.4 is 5.32 Å². The van der Waals surface area contributed by atoms with Gasteiger partial charge in [0.2, 0.25) is 0 Å². The molecule has 0 aliphatic heterocycles. The summed E-state index contributed by atoms with van der Waals surface area (Å²) in [5.41, 5.74) is 0.533. The molecule has 1 N–H and O–H groups in total. The van der Waals surface area contributed by atoms with Crippen molar-refractivity contribution in [3.8, 4) is 0 Å². The van der Waals surface area contributed by atoms with Crippen LogP contribution in [0.15, 0.2) is 18.5 Å². The van der Waals surface area contributed by atoms with E-state index in [-0.39, 0.29) is 11.3 Å². The molecule has 1 aliphatic rings. The fourth-order valence-corrected chi connectivity index (χ4v) is 2.97. The van der Waals surface area contributed by atoms with Crippen molar-refractivity contribution in [1.29, 1.82) is 0 Å². The Balaban J connectivity index is 1.98. The van der Waals surface area contributed by atoms with Gasteiger partial charge in [0.1, 0.15) is 0 Å². The summed E-state index contributed by atoms with van der Waals surface area (Å²) in [5.74, 6) is 0.441. The lowest BCUT2D eigenvalue weighted by Crippen LogP contribution is -2.37. The van der Waals surface area contributed by atoms with Crippen LogP contribution in [0.3, 0.4) is 0 Å². The third-order valence-corrected chi connectivity index (χ3v) is 4.46. The Bertz CT molecular complexity index is 431. The molecule has 3 nitrogen and oxygen atoms in total. The fraction of sp³-hybridized carbons (Fsp3) is 0.538. The Morgan fingerprint density at radius 2 is 2.17 bits per heavy atom. The predicted octanol–water partition coefficient (Wildman–Crippen LogP) is 3.26. The second kappa shape index (κ2) is 5.89. The zero-order chi connectivity index (χ0) is 13.0. The first-order valence-electron chi connectivity index (χ1n) is 6.11. The van der Waals surface area contributed by atoms with Gasteiger partial charge in [-0.2, -0.15) is 0 Å². The number of amides is 1. The number of rotatable bonds is 4. The lowest BCUT2D eigenvalue weighted by molar-refractivity contribution is 0.0935. The van der Waals surface area contributed by atoms with Crippen LogP contribution in [-0.2, 0) is 0 Å². The van der Waals surface area contributed by atoms with E-state index in [0.29, 0.717) is 23.0 Å². The average molecular weight is 287 g/mol. The summed E-state index contributed by atoms with van der Waals surface area (Å²) in [6.45, 7) is 0.619. The van der Waals surface area contributed by atoms with Gasteiger partial charge < -0.3 is 5.32 Å². The molecule has 0 unspecified atom stereocenters. The number of hydrogen-bond donors (Lipinski definition) is 1. The number of carbonyl (C=O) groups is 1. The van der Waals surface area contributed by atoms with E-state index in [1.54, 1.807) is 12.3 Å². The summed E-state index contributed by atoms with van der Waals surface area (Å²) in [7, 11) is 0. The highest BCUT2D eigenvalue weighted by Gasteiger charge is 2.33. The van der Waals surface area contributed by atoms with E-state index in [2.05, 4.69) is 10.3 Å². The molecule has 1 fully saturated rings. The molecule has 0 spiro atoms.